The summed E-state index contributed by atoms with van der Waals surface area (Å²) in [7, 11) is 0. The fraction of sp³-hybridized carbons (Fsp3) is 0.435. The third-order valence-electron chi connectivity index (χ3n) is 6.00. The molecule has 7 nitrogen and oxygen atoms in total. The Morgan fingerprint density at radius 3 is 2.65 bits per heavy atom. The molecule has 1 aromatic carbocycles. The molecule has 4 rings (SSSR count). The van der Waals surface area contributed by atoms with Crippen LogP contribution in [0.1, 0.15) is 45.7 Å². The summed E-state index contributed by atoms with van der Waals surface area (Å²) in [6, 6.07) is 8.26. The zero-order valence-corrected chi connectivity index (χ0v) is 17.5. The summed E-state index contributed by atoms with van der Waals surface area (Å²) < 4.78 is 13.9. The monoisotopic (exact) mass is 426 g/mol. The molecule has 0 atom stereocenters. The third kappa shape index (κ3) is 4.85. The van der Waals surface area contributed by atoms with Gasteiger partial charge in [-0.2, -0.15) is 0 Å². The Morgan fingerprint density at radius 1 is 1.10 bits per heavy atom. The van der Waals surface area contributed by atoms with Crippen molar-refractivity contribution in [2.45, 2.75) is 25.7 Å². The smallest absolute Gasteiger partial charge is 0.261 e. The summed E-state index contributed by atoms with van der Waals surface area (Å²) in [5.41, 5.74) is 1.28. The van der Waals surface area contributed by atoms with E-state index in [0.29, 0.717) is 36.3 Å². The van der Waals surface area contributed by atoms with Crippen molar-refractivity contribution in [1.82, 2.24) is 15.2 Å². The highest BCUT2D eigenvalue weighted by Gasteiger charge is 2.22. The average Bonchev–Trinajstić information content (AvgIpc) is 2.77. The first-order valence-electron chi connectivity index (χ1n) is 10.8. The molecule has 1 saturated heterocycles. The molecule has 0 radical (unpaired) electrons. The van der Waals surface area contributed by atoms with Crippen LogP contribution in [0.5, 0.6) is 0 Å². The normalized spacial score (nSPS) is 16.8. The van der Waals surface area contributed by atoms with E-state index in [1.54, 1.807) is 12.1 Å². The SMILES string of the molecule is O=C1CCCc2[nH]c(=O)c(C(=O)NCCCN3CCN(c4ccccc4F)CC3)cc21. The van der Waals surface area contributed by atoms with Crippen LogP contribution in [-0.4, -0.2) is 60.8 Å². The number of benzene rings is 1. The van der Waals surface area contributed by atoms with Gasteiger partial charge in [-0.25, -0.2) is 4.39 Å². The van der Waals surface area contributed by atoms with Crippen molar-refractivity contribution < 1.29 is 14.0 Å². The number of carbonyl (C=O) groups excluding carboxylic acids is 2. The quantitative estimate of drug-likeness (QED) is 0.690. The number of aryl methyl sites for hydroxylation is 1. The number of nitrogens with zero attached hydrogens (tertiary/aromatic N) is 2. The number of H-pyrrole nitrogens is 1. The number of carbonyl (C=O) groups is 2. The van der Waals surface area contributed by atoms with E-state index in [1.165, 1.54) is 12.1 Å². The second-order valence-electron chi connectivity index (χ2n) is 8.07. The van der Waals surface area contributed by atoms with Crippen molar-refractivity contribution >= 4 is 17.4 Å². The largest absolute Gasteiger partial charge is 0.367 e. The van der Waals surface area contributed by atoms with Crippen molar-refractivity contribution in [1.29, 1.82) is 0 Å². The number of Topliss-reactive ketones (excluding diaryl/α,β-unsaturated/α-hetero) is 1. The van der Waals surface area contributed by atoms with Crippen LogP contribution in [-0.2, 0) is 6.42 Å². The minimum absolute atomic E-state index is 0.00694. The van der Waals surface area contributed by atoms with E-state index in [-0.39, 0.29) is 17.2 Å². The number of halogens is 1. The highest BCUT2D eigenvalue weighted by atomic mass is 19.1. The number of fused-ring (bicyclic) bond motifs is 1. The molecule has 1 fully saturated rings. The second-order valence-corrected chi connectivity index (χ2v) is 8.07. The van der Waals surface area contributed by atoms with Gasteiger partial charge in [0.25, 0.3) is 11.5 Å². The molecule has 8 heteroatoms. The lowest BCUT2D eigenvalue weighted by molar-refractivity contribution is 0.0950. The van der Waals surface area contributed by atoms with Crippen molar-refractivity contribution in [2.24, 2.45) is 0 Å². The molecule has 0 spiro atoms. The van der Waals surface area contributed by atoms with E-state index in [2.05, 4.69) is 20.1 Å². The molecule has 0 bridgehead atoms. The van der Waals surface area contributed by atoms with Crippen molar-refractivity contribution in [3.8, 4) is 0 Å². The van der Waals surface area contributed by atoms with Gasteiger partial charge < -0.3 is 15.2 Å². The van der Waals surface area contributed by atoms with Gasteiger partial charge in [-0.1, -0.05) is 12.1 Å². The van der Waals surface area contributed by atoms with Crippen LogP contribution >= 0.6 is 0 Å². The molecule has 2 aromatic rings. The number of aromatic amines is 1. The minimum atomic E-state index is -0.452. The molecule has 0 unspecified atom stereocenters. The van der Waals surface area contributed by atoms with Gasteiger partial charge in [0.15, 0.2) is 5.78 Å². The molecular weight excluding hydrogens is 399 g/mol. The Morgan fingerprint density at radius 2 is 1.87 bits per heavy atom. The van der Waals surface area contributed by atoms with E-state index in [4.69, 9.17) is 0 Å². The molecule has 2 aliphatic rings. The van der Waals surface area contributed by atoms with Gasteiger partial charge >= 0.3 is 0 Å². The molecule has 1 aliphatic heterocycles. The molecule has 1 aromatic heterocycles. The maximum atomic E-state index is 13.9. The number of amides is 1. The summed E-state index contributed by atoms with van der Waals surface area (Å²) in [5.74, 6) is -0.676. The molecular formula is C23H27FN4O3. The first-order chi connectivity index (χ1) is 15.0. The highest BCUT2D eigenvalue weighted by Crippen LogP contribution is 2.20. The number of nitrogens with one attached hydrogen (secondary N) is 2. The third-order valence-corrected chi connectivity index (χ3v) is 6.00. The van der Waals surface area contributed by atoms with Crippen LogP contribution in [0, 0.1) is 5.82 Å². The van der Waals surface area contributed by atoms with Gasteiger partial charge in [0, 0.05) is 50.4 Å². The number of aromatic nitrogens is 1. The maximum Gasteiger partial charge on any atom is 0.261 e. The molecule has 164 valence electrons. The first kappa shape index (κ1) is 21.2. The van der Waals surface area contributed by atoms with Crippen LogP contribution < -0.4 is 15.8 Å². The van der Waals surface area contributed by atoms with Crippen LogP contribution in [0.4, 0.5) is 10.1 Å². The van der Waals surface area contributed by atoms with E-state index < -0.39 is 11.5 Å². The van der Waals surface area contributed by atoms with E-state index in [9.17, 15) is 18.8 Å². The summed E-state index contributed by atoms with van der Waals surface area (Å²) >= 11 is 0. The second kappa shape index (κ2) is 9.43. The minimum Gasteiger partial charge on any atom is -0.367 e. The van der Waals surface area contributed by atoms with Gasteiger partial charge in [-0.05, 0) is 44.0 Å². The lowest BCUT2D eigenvalue weighted by atomic mass is 9.93. The average molecular weight is 426 g/mol. The molecule has 1 aliphatic carbocycles. The Hall–Kier alpha value is -3.00. The number of para-hydroxylation sites is 1. The van der Waals surface area contributed by atoms with E-state index in [1.807, 2.05) is 6.07 Å². The van der Waals surface area contributed by atoms with E-state index >= 15 is 0 Å². The number of pyridine rings is 1. The molecule has 2 heterocycles. The Labute approximate surface area is 180 Å². The van der Waals surface area contributed by atoms with Crippen molar-refractivity contribution in [3.63, 3.8) is 0 Å². The number of piperazine rings is 1. The van der Waals surface area contributed by atoms with Gasteiger partial charge in [0.05, 0.1) is 5.69 Å². The summed E-state index contributed by atoms with van der Waals surface area (Å²) in [6.45, 7) is 4.42. The van der Waals surface area contributed by atoms with Crippen molar-refractivity contribution in [2.75, 3.05) is 44.2 Å². The van der Waals surface area contributed by atoms with Gasteiger partial charge in [0.1, 0.15) is 11.4 Å². The zero-order valence-electron chi connectivity index (χ0n) is 17.5. The summed E-state index contributed by atoms with van der Waals surface area (Å²) in [6.07, 6.45) is 2.57. The molecule has 1 amide bonds. The van der Waals surface area contributed by atoms with Crippen LogP contribution in [0.2, 0.25) is 0 Å². The fourth-order valence-electron chi connectivity index (χ4n) is 4.26. The van der Waals surface area contributed by atoms with E-state index in [0.717, 1.165) is 45.6 Å². The van der Waals surface area contributed by atoms with Crippen LogP contribution in [0.25, 0.3) is 0 Å². The number of hydrogen-bond acceptors (Lipinski definition) is 5. The predicted molar refractivity (Wildman–Crippen MR) is 116 cm³/mol. The molecule has 0 saturated carbocycles. The van der Waals surface area contributed by atoms with Gasteiger partial charge in [-0.15, -0.1) is 0 Å². The van der Waals surface area contributed by atoms with Crippen molar-refractivity contribution in [3.05, 3.63) is 63.3 Å². The number of ketones is 1. The molecule has 2 N–H and O–H groups in total. The van der Waals surface area contributed by atoms with Crippen LogP contribution in [0.3, 0.4) is 0 Å². The Bertz CT molecular complexity index is 1030. The standard InChI is InChI=1S/C23H27FN4O3/c24-18-5-1-2-7-20(18)28-13-11-27(12-14-28)10-4-9-25-22(30)17-15-16-19(26-23(17)31)6-3-8-21(16)29/h1-2,5,7,15H,3-4,6,8-14H2,(H,25,30)(H,26,31). The predicted octanol–water partition coefficient (Wildman–Crippen LogP) is 1.98. The lowest BCUT2D eigenvalue weighted by Gasteiger charge is -2.36. The number of anilines is 1. The maximum absolute atomic E-state index is 13.9. The van der Waals surface area contributed by atoms with Crippen LogP contribution in [0.15, 0.2) is 35.1 Å². The Balaban J connectivity index is 1.23. The number of hydrogen-bond donors (Lipinski definition) is 2. The molecule has 31 heavy (non-hydrogen) atoms. The first-order valence-corrected chi connectivity index (χ1v) is 10.8. The number of rotatable bonds is 6. The van der Waals surface area contributed by atoms with Gasteiger partial charge in [0.2, 0.25) is 0 Å². The summed E-state index contributed by atoms with van der Waals surface area (Å²) in [4.78, 5) is 43.8. The van der Waals surface area contributed by atoms with Gasteiger partial charge in [-0.3, -0.25) is 19.3 Å². The lowest BCUT2D eigenvalue weighted by Crippen LogP contribution is -2.47. The Kier molecular flexibility index (Phi) is 6.46. The fourth-order valence-corrected chi connectivity index (χ4v) is 4.26. The summed E-state index contributed by atoms with van der Waals surface area (Å²) in [5, 5.41) is 2.79. The zero-order chi connectivity index (χ0) is 21.8. The highest BCUT2D eigenvalue weighted by molar-refractivity contribution is 6.01. The topological polar surface area (TPSA) is 85.5 Å².